The number of phenolic OH excluding ortho intramolecular Hbond substituents is 1. The number of hydrogen-bond donors (Lipinski definition) is 1. The van der Waals surface area contributed by atoms with Crippen LogP contribution < -0.4 is 0 Å². The maximum absolute atomic E-state index is 10.4. The Hall–Kier alpha value is -1.88. The van der Waals surface area contributed by atoms with Crippen molar-refractivity contribution in [2.24, 2.45) is 0 Å². The van der Waals surface area contributed by atoms with Crippen molar-refractivity contribution in [2.45, 2.75) is 46.5 Å². The second-order valence-corrected chi connectivity index (χ2v) is 6.63. The van der Waals surface area contributed by atoms with Crippen LogP contribution in [0, 0.1) is 6.92 Å². The minimum atomic E-state index is 0.349. The molecule has 0 aliphatic carbocycles. The molecule has 0 aliphatic heterocycles. The van der Waals surface area contributed by atoms with Crippen LogP contribution >= 0.6 is 0 Å². The molecular weight excluding hydrogens is 328 g/mol. The molecule has 4 heteroatoms. The number of benzene rings is 2. The Balaban J connectivity index is 2.42. The molecule has 2 rings (SSSR count). The molecule has 0 saturated carbocycles. The molecule has 26 heavy (non-hydrogen) atoms. The van der Waals surface area contributed by atoms with Gasteiger partial charge in [0.05, 0.1) is 19.8 Å². The summed E-state index contributed by atoms with van der Waals surface area (Å²) < 4.78 is 16.0. The van der Waals surface area contributed by atoms with Crippen molar-refractivity contribution < 1.29 is 19.3 Å². The minimum absolute atomic E-state index is 0.349. The largest absolute Gasteiger partial charge is 0.507 e. The highest BCUT2D eigenvalue weighted by molar-refractivity contribution is 5.46. The Labute approximate surface area is 156 Å². The van der Waals surface area contributed by atoms with Crippen LogP contribution in [0.1, 0.15) is 45.9 Å². The smallest absolute Gasteiger partial charge is 0.124 e. The van der Waals surface area contributed by atoms with Crippen LogP contribution in [-0.4, -0.2) is 26.4 Å². The summed E-state index contributed by atoms with van der Waals surface area (Å²) in [5.41, 5.74) is 7.76. The molecule has 0 spiro atoms. The van der Waals surface area contributed by atoms with Gasteiger partial charge < -0.3 is 19.3 Å². The molecule has 0 amide bonds. The van der Waals surface area contributed by atoms with Crippen LogP contribution in [0.25, 0.3) is 0 Å². The summed E-state index contributed by atoms with van der Waals surface area (Å²) in [6, 6.07) is 8.52. The zero-order chi connectivity index (χ0) is 19.1. The average molecular weight is 358 g/mol. The van der Waals surface area contributed by atoms with Crippen LogP contribution in [0.15, 0.2) is 24.3 Å². The monoisotopic (exact) mass is 358 g/mol. The van der Waals surface area contributed by atoms with Crippen LogP contribution in [0.2, 0.25) is 0 Å². The maximum atomic E-state index is 10.4. The number of ether oxygens (including phenoxy) is 3. The van der Waals surface area contributed by atoms with Gasteiger partial charge in [-0.2, -0.15) is 0 Å². The van der Waals surface area contributed by atoms with Crippen LogP contribution in [0.4, 0.5) is 0 Å². The SMILES string of the molecule is CCc1cc(Cc2cc(COC)c(C)c(COC)c2)cc(COC)c1O. The van der Waals surface area contributed by atoms with Crippen molar-refractivity contribution >= 4 is 0 Å². The van der Waals surface area contributed by atoms with Gasteiger partial charge in [-0.3, -0.25) is 0 Å². The standard InChI is InChI=1S/C22H30O4/c1-6-18-8-16(11-21(14-26-5)22(18)23)7-17-9-19(12-24-3)15(2)20(10-17)13-25-4/h8-11,23H,6-7,12-14H2,1-5H3. The first-order valence-electron chi connectivity index (χ1n) is 8.95. The van der Waals surface area contributed by atoms with Gasteiger partial charge in [-0.1, -0.05) is 25.1 Å². The summed E-state index contributed by atoms with van der Waals surface area (Å²) in [6.07, 6.45) is 1.58. The summed E-state index contributed by atoms with van der Waals surface area (Å²) in [5, 5.41) is 10.4. The topological polar surface area (TPSA) is 47.9 Å². The fraction of sp³-hybridized carbons (Fsp3) is 0.455. The lowest BCUT2D eigenvalue weighted by Gasteiger charge is -2.16. The number of aromatic hydroxyl groups is 1. The van der Waals surface area contributed by atoms with E-state index in [4.69, 9.17) is 14.2 Å². The van der Waals surface area contributed by atoms with Crippen molar-refractivity contribution in [1.29, 1.82) is 0 Å². The van der Waals surface area contributed by atoms with E-state index in [1.54, 1.807) is 21.3 Å². The molecule has 0 atom stereocenters. The molecule has 0 fully saturated rings. The van der Waals surface area contributed by atoms with E-state index < -0.39 is 0 Å². The number of aryl methyl sites for hydroxylation is 1. The third kappa shape index (κ3) is 4.85. The Morgan fingerprint density at radius 3 is 1.62 bits per heavy atom. The Kier molecular flexibility index (Phi) is 7.64. The molecule has 0 saturated heterocycles. The zero-order valence-electron chi connectivity index (χ0n) is 16.5. The van der Waals surface area contributed by atoms with E-state index in [2.05, 4.69) is 32.0 Å². The van der Waals surface area contributed by atoms with Crippen molar-refractivity contribution in [2.75, 3.05) is 21.3 Å². The second-order valence-electron chi connectivity index (χ2n) is 6.63. The van der Waals surface area contributed by atoms with Crippen molar-refractivity contribution in [3.8, 4) is 5.75 Å². The van der Waals surface area contributed by atoms with E-state index in [0.717, 1.165) is 24.0 Å². The summed E-state index contributed by atoms with van der Waals surface area (Å²) in [7, 11) is 5.07. The highest BCUT2D eigenvalue weighted by Crippen LogP contribution is 2.28. The summed E-state index contributed by atoms with van der Waals surface area (Å²) in [5.74, 6) is 0.349. The molecule has 2 aromatic carbocycles. The lowest BCUT2D eigenvalue weighted by Crippen LogP contribution is -2.03. The van der Waals surface area contributed by atoms with Gasteiger partial charge >= 0.3 is 0 Å². The quantitative estimate of drug-likeness (QED) is 0.726. The van der Waals surface area contributed by atoms with Gasteiger partial charge in [-0.25, -0.2) is 0 Å². The van der Waals surface area contributed by atoms with E-state index in [1.807, 2.05) is 6.07 Å². The number of methoxy groups -OCH3 is 3. The van der Waals surface area contributed by atoms with Crippen molar-refractivity contribution in [3.05, 3.63) is 63.2 Å². The molecule has 0 aliphatic rings. The fourth-order valence-electron chi connectivity index (χ4n) is 3.33. The number of phenols is 1. The normalized spacial score (nSPS) is 11.1. The summed E-state index contributed by atoms with van der Waals surface area (Å²) >= 11 is 0. The van der Waals surface area contributed by atoms with Gasteiger partial charge in [-0.05, 0) is 59.2 Å². The van der Waals surface area contributed by atoms with E-state index in [9.17, 15) is 5.11 Å². The van der Waals surface area contributed by atoms with E-state index >= 15 is 0 Å². The highest BCUT2D eigenvalue weighted by Gasteiger charge is 2.12. The van der Waals surface area contributed by atoms with Crippen LogP contribution in [-0.2, 0) is 46.9 Å². The minimum Gasteiger partial charge on any atom is -0.507 e. The predicted molar refractivity (Wildman–Crippen MR) is 104 cm³/mol. The lowest BCUT2D eigenvalue weighted by atomic mass is 9.93. The molecule has 4 nitrogen and oxygen atoms in total. The zero-order valence-corrected chi connectivity index (χ0v) is 16.5. The van der Waals surface area contributed by atoms with Gasteiger partial charge in [0.15, 0.2) is 0 Å². The van der Waals surface area contributed by atoms with Crippen molar-refractivity contribution in [1.82, 2.24) is 0 Å². The molecule has 142 valence electrons. The summed E-state index contributed by atoms with van der Waals surface area (Å²) in [6.45, 7) is 5.74. The van der Waals surface area contributed by atoms with Gasteiger partial charge in [0.25, 0.3) is 0 Å². The molecular formula is C22H30O4. The van der Waals surface area contributed by atoms with E-state index in [1.165, 1.54) is 27.8 Å². The second kappa shape index (κ2) is 9.72. The van der Waals surface area contributed by atoms with Crippen LogP contribution in [0.3, 0.4) is 0 Å². The molecule has 0 aromatic heterocycles. The number of rotatable bonds is 9. The Bertz CT molecular complexity index is 710. The van der Waals surface area contributed by atoms with Crippen LogP contribution in [0.5, 0.6) is 5.75 Å². The lowest BCUT2D eigenvalue weighted by molar-refractivity contribution is 0.179. The molecule has 1 N–H and O–H groups in total. The first-order valence-corrected chi connectivity index (χ1v) is 8.95. The Morgan fingerprint density at radius 2 is 1.15 bits per heavy atom. The van der Waals surface area contributed by atoms with E-state index in [-0.39, 0.29) is 0 Å². The third-order valence-electron chi connectivity index (χ3n) is 4.70. The molecule has 0 heterocycles. The Morgan fingerprint density at radius 1 is 0.731 bits per heavy atom. The maximum Gasteiger partial charge on any atom is 0.124 e. The summed E-state index contributed by atoms with van der Waals surface area (Å²) in [4.78, 5) is 0. The van der Waals surface area contributed by atoms with Gasteiger partial charge in [-0.15, -0.1) is 0 Å². The average Bonchev–Trinajstić information content (AvgIpc) is 2.62. The number of hydrogen-bond acceptors (Lipinski definition) is 4. The van der Waals surface area contributed by atoms with Gasteiger partial charge in [0.2, 0.25) is 0 Å². The highest BCUT2D eigenvalue weighted by atomic mass is 16.5. The fourth-order valence-corrected chi connectivity index (χ4v) is 3.33. The van der Waals surface area contributed by atoms with Gasteiger partial charge in [0.1, 0.15) is 5.75 Å². The van der Waals surface area contributed by atoms with Crippen molar-refractivity contribution in [3.63, 3.8) is 0 Å². The van der Waals surface area contributed by atoms with Gasteiger partial charge in [0, 0.05) is 26.9 Å². The third-order valence-corrected chi connectivity index (χ3v) is 4.70. The molecule has 0 bridgehead atoms. The predicted octanol–water partition coefficient (Wildman–Crippen LogP) is 4.29. The first-order chi connectivity index (χ1) is 12.5. The molecule has 0 unspecified atom stereocenters. The first kappa shape index (κ1) is 20.4. The van der Waals surface area contributed by atoms with E-state index in [0.29, 0.717) is 25.6 Å². The molecule has 2 aromatic rings. The molecule has 0 radical (unpaired) electrons.